The molecule has 4 rings (SSSR count). The zero-order valence-corrected chi connectivity index (χ0v) is 28.4. The zero-order valence-electron chi connectivity index (χ0n) is 28.4. The fourth-order valence-electron chi connectivity index (χ4n) is 4.33. The van der Waals surface area contributed by atoms with Crippen LogP contribution in [0.15, 0.2) is 66.9 Å². The molecule has 0 aliphatic heterocycles. The van der Waals surface area contributed by atoms with Gasteiger partial charge in [0, 0.05) is 42.0 Å². The highest BCUT2D eigenvalue weighted by Gasteiger charge is 2.23. The van der Waals surface area contributed by atoms with Gasteiger partial charge in [-0.2, -0.15) is 5.10 Å². The molecule has 0 saturated carbocycles. The lowest BCUT2D eigenvalue weighted by atomic mass is 9.92. The number of carbonyl (C=O) groups is 3. The number of ether oxygens (including phenoxy) is 2. The number of aryl methyl sites for hydroxylation is 1. The van der Waals surface area contributed by atoms with Gasteiger partial charge in [-0.15, -0.1) is 0 Å². The van der Waals surface area contributed by atoms with E-state index in [2.05, 4.69) is 26.3 Å². The third kappa shape index (κ3) is 10.0. The first-order valence-corrected chi connectivity index (χ1v) is 15.4. The topological polar surface area (TPSA) is 148 Å². The van der Waals surface area contributed by atoms with Crippen molar-refractivity contribution in [1.29, 1.82) is 0 Å². The summed E-state index contributed by atoms with van der Waals surface area (Å²) in [5.41, 5.74) is 1.89. The number of anilines is 2. The number of rotatable bonds is 9. The molecule has 0 spiro atoms. The molecule has 2 aromatic heterocycles. The Morgan fingerprint density at radius 1 is 0.917 bits per heavy atom. The van der Waals surface area contributed by atoms with Crippen LogP contribution in [-0.2, 0) is 21.5 Å². The van der Waals surface area contributed by atoms with E-state index < -0.39 is 29.6 Å². The Kier molecular flexibility index (Phi) is 10.7. The number of amides is 4. The van der Waals surface area contributed by atoms with E-state index in [0.29, 0.717) is 17.3 Å². The van der Waals surface area contributed by atoms with Gasteiger partial charge in [-0.1, -0.05) is 32.9 Å². The van der Waals surface area contributed by atoms with Crippen molar-refractivity contribution in [3.8, 4) is 17.2 Å². The number of aromatic nitrogens is 3. The van der Waals surface area contributed by atoms with Crippen LogP contribution in [0, 0.1) is 12.7 Å². The second-order valence-electron chi connectivity index (χ2n) is 13.3. The number of pyridine rings is 1. The second kappa shape index (κ2) is 14.5. The van der Waals surface area contributed by atoms with Gasteiger partial charge in [0.15, 0.2) is 0 Å². The van der Waals surface area contributed by atoms with Crippen LogP contribution >= 0.6 is 0 Å². The minimum absolute atomic E-state index is 0.0325. The number of nitrogens with zero attached hydrogens (tertiary/aromatic N) is 3. The maximum atomic E-state index is 14.9. The van der Waals surface area contributed by atoms with Crippen molar-refractivity contribution < 1.29 is 28.2 Å². The van der Waals surface area contributed by atoms with Crippen LogP contribution in [0.25, 0.3) is 5.69 Å². The Morgan fingerprint density at radius 3 is 2.23 bits per heavy atom. The Balaban J connectivity index is 1.42. The van der Waals surface area contributed by atoms with E-state index in [1.165, 1.54) is 12.1 Å². The second-order valence-corrected chi connectivity index (χ2v) is 13.3. The molecule has 0 aliphatic carbocycles. The lowest BCUT2D eigenvalue weighted by Gasteiger charge is -2.21. The third-order valence-corrected chi connectivity index (χ3v) is 6.79. The van der Waals surface area contributed by atoms with E-state index in [9.17, 15) is 18.8 Å². The van der Waals surface area contributed by atoms with Gasteiger partial charge in [0.2, 0.25) is 5.91 Å². The maximum absolute atomic E-state index is 14.9. The Hall–Kier alpha value is -5.46. The number of urea groups is 1. The standard InChI is InChI=1S/C35H42FN7O5/c1-21-17-26(15-16-37-21)47-25-13-14-28(27(36)18-25)40-32(45)41-30-19-29(34(3,4)5)42-43(30)24-11-9-23(10-12-24)20-38-31(44)22(2)39-33(46)48-35(6,7)8/h9-19,22H,20H2,1-8H3,(H,38,44)(H,39,46)(H2,40,41,45). The maximum Gasteiger partial charge on any atom is 0.408 e. The largest absolute Gasteiger partial charge is 0.457 e. The highest BCUT2D eigenvalue weighted by molar-refractivity contribution is 5.99. The average molecular weight is 660 g/mol. The number of benzene rings is 2. The predicted molar refractivity (Wildman–Crippen MR) is 181 cm³/mol. The summed E-state index contributed by atoms with van der Waals surface area (Å²) in [5.74, 6) is 0.117. The van der Waals surface area contributed by atoms with E-state index in [1.807, 2.05) is 39.8 Å². The van der Waals surface area contributed by atoms with E-state index in [1.54, 1.807) is 75.0 Å². The fourth-order valence-corrected chi connectivity index (χ4v) is 4.33. The van der Waals surface area contributed by atoms with Crippen LogP contribution < -0.4 is 26.0 Å². The monoisotopic (exact) mass is 659 g/mol. The molecule has 2 heterocycles. The molecule has 0 saturated heterocycles. The molecule has 4 N–H and O–H groups in total. The first-order chi connectivity index (χ1) is 22.5. The molecular formula is C35H42FN7O5. The van der Waals surface area contributed by atoms with Gasteiger partial charge >= 0.3 is 12.1 Å². The van der Waals surface area contributed by atoms with Crippen LogP contribution in [0.1, 0.15) is 65.4 Å². The quantitative estimate of drug-likeness (QED) is 0.152. The normalized spacial score (nSPS) is 12.1. The molecular weight excluding hydrogens is 617 g/mol. The van der Waals surface area contributed by atoms with Crippen LogP contribution in [-0.4, -0.2) is 44.4 Å². The van der Waals surface area contributed by atoms with Crippen molar-refractivity contribution in [3.63, 3.8) is 0 Å². The minimum atomic E-state index is -0.796. The van der Waals surface area contributed by atoms with Gasteiger partial charge in [0.05, 0.1) is 17.1 Å². The molecule has 0 bridgehead atoms. The van der Waals surface area contributed by atoms with Crippen LogP contribution in [0.2, 0.25) is 0 Å². The Bertz CT molecular complexity index is 1780. The lowest BCUT2D eigenvalue weighted by molar-refractivity contribution is -0.122. The molecule has 254 valence electrons. The van der Waals surface area contributed by atoms with E-state index >= 15 is 0 Å². The fraction of sp³-hybridized carbons (Fsp3) is 0.343. The van der Waals surface area contributed by atoms with Crippen molar-refractivity contribution in [1.82, 2.24) is 25.4 Å². The van der Waals surface area contributed by atoms with E-state index in [4.69, 9.17) is 14.6 Å². The van der Waals surface area contributed by atoms with Crippen LogP contribution in [0.4, 0.5) is 25.5 Å². The van der Waals surface area contributed by atoms with Gasteiger partial charge < -0.3 is 25.4 Å². The first kappa shape index (κ1) is 35.4. The number of halogens is 1. The highest BCUT2D eigenvalue weighted by atomic mass is 19.1. The summed E-state index contributed by atoms with van der Waals surface area (Å²) >= 11 is 0. The van der Waals surface area contributed by atoms with E-state index in [-0.39, 0.29) is 29.3 Å². The molecule has 1 atom stereocenters. The summed E-state index contributed by atoms with van der Waals surface area (Å²) in [6.45, 7) is 14.8. The Morgan fingerprint density at radius 2 is 1.60 bits per heavy atom. The average Bonchev–Trinajstić information content (AvgIpc) is 3.41. The van der Waals surface area contributed by atoms with Crippen molar-refractivity contribution in [2.45, 2.75) is 79.0 Å². The van der Waals surface area contributed by atoms with Gasteiger partial charge in [-0.05, 0) is 70.5 Å². The molecule has 4 amide bonds. The summed E-state index contributed by atoms with van der Waals surface area (Å²) in [4.78, 5) is 41.7. The molecule has 13 heteroatoms. The van der Waals surface area contributed by atoms with Gasteiger partial charge in [0.25, 0.3) is 0 Å². The van der Waals surface area contributed by atoms with Gasteiger partial charge in [-0.3, -0.25) is 15.1 Å². The predicted octanol–water partition coefficient (Wildman–Crippen LogP) is 6.98. The van der Waals surface area contributed by atoms with Gasteiger partial charge in [0.1, 0.15) is 34.8 Å². The van der Waals surface area contributed by atoms with Crippen molar-refractivity contribution in [2.75, 3.05) is 10.6 Å². The smallest absolute Gasteiger partial charge is 0.408 e. The van der Waals surface area contributed by atoms with Crippen molar-refractivity contribution in [2.24, 2.45) is 0 Å². The first-order valence-electron chi connectivity index (χ1n) is 15.4. The lowest BCUT2D eigenvalue weighted by Crippen LogP contribution is -2.46. The summed E-state index contributed by atoms with van der Waals surface area (Å²) in [6, 6.07) is 15.1. The van der Waals surface area contributed by atoms with E-state index in [0.717, 1.165) is 17.0 Å². The van der Waals surface area contributed by atoms with Gasteiger partial charge in [-0.25, -0.2) is 18.7 Å². The zero-order chi connectivity index (χ0) is 35.2. The van der Waals surface area contributed by atoms with Crippen LogP contribution in [0.5, 0.6) is 11.5 Å². The number of alkyl carbamates (subject to hydrolysis) is 1. The van der Waals surface area contributed by atoms with Crippen LogP contribution in [0.3, 0.4) is 0 Å². The van der Waals surface area contributed by atoms with Crippen molar-refractivity contribution in [3.05, 3.63) is 89.6 Å². The molecule has 1 unspecified atom stereocenters. The SMILES string of the molecule is Cc1cc(Oc2ccc(NC(=O)Nc3cc(C(C)(C)C)nn3-c3ccc(CNC(=O)C(C)NC(=O)OC(C)(C)C)cc3)c(F)c2)ccn1. The molecule has 0 fully saturated rings. The Labute approximate surface area is 279 Å². The molecule has 0 radical (unpaired) electrons. The summed E-state index contributed by atoms with van der Waals surface area (Å²) < 4.78 is 27.4. The minimum Gasteiger partial charge on any atom is -0.457 e. The highest BCUT2D eigenvalue weighted by Crippen LogP contribution is 2.28. The third-order valence-electron chi connectivity index (χ3n) is 6.79. The summed E-state index contributed by atoms with van der Waals surface area (Å²) in [7, 11) is 0. The number of nitrogens with one attached hydrogen (secondary N) is 4. The van der Waals surface area contributed by atoms with Crippen molar-refractivity contribution >= 4 is 29.5 Å². The molecule has 0 aliphatic rings. The summed E-state index contributed by atoms with van der Waals surface area (Å²) in [6.07, 6.45) is 0.924. The molecule has 2 aromatic carbocycles. The number of carbonyl (C=O) groups excluding carboxylic acids is 3. The molecule has 48 heavy (non-hydrogen) atoms. The molecule has 4 aromatic rings. The number of hydrogen-bond acceptors (Lipinski definition) is 7. The number of hydrogen-bond donors (Lipinski definition) is 4. The molecule has 12 nitrogen and oxygen atoms in total. The summed E-state index contributed by atoms with van der Waals surface area (Å²) in [5, 5.41) is 15.4.